The van der Waals surface area contributed by atoms with Gasteiger partial charge in [0.05, 0.1) is 17.3 Å². The van der Waals surface area contributed by atoms with Crippen molar-refractivity contribution in [3.8, 4) is 5.69 Å². The van der Waals surface area contributed by atoms with E-state index in [9.17, 15) is 9.18 Å². The van der Waals surface area contributed by atoms with Gasteiger partial charge in [-0.05, 0) is 44.2 Å². The summed E-state index contributed by atoms with van der Waals surface area (Å²) in [6.45, 7) is 3.43. The van der Waals surface area contributed by atoms with Gasteiger partial charge in [0.15, 0.2) is 0 Å². The molecule has 1 aromatic carbocycles. The maximum atomic E-state index is 13.0. The standard InChI is InChI=1S/C15H17FN4O.ClH/c1-10-8-14(18-15(21)11-6-7-17-9-11)20(19-10)13-4-2-12(16)3-5-13;/h2-5,8,11,17H,6-7,9H2,1H3,(H,18,21);1H. The van der Waals surface area contributed by atoms with Crippen LogP contribution in [0.25, 0.3) is 5.69 Å². The molecule has 1 amide bonds. The highest BCUT2D eigenvalue weighted by Crippen LogP contribution is 2.19. The van der Waals surface area contributed by atoms with Gasteiger partial charge in [-0.25, -0.2) is 9.07 Å². The first kappa shape index (κ1) is 16.5. The van der Waals surface area contributed by atoms with Crippen LogP contribution in [-0.2, 0) is 4.79 Å². The van der Waals surface area contributed by atoms with Crippen LogP contribution in [0.4, 0.5) is 10.2 Å². The van der Waals surface area contributed by atoms with Crippen LogP contribution in [0.2, 0.25) is 0 Å². The van der Waals surface area contributed by atoms with Gasteiger partial charge < -0.3 is 10.6 Å². The van der Waals surface area contributed by atoms with E-state index in [1.54, 1.807) is 16.8 Å². The molecule has 7 heteroatoms. The lowest BCUT2D eigenvalue weighted by Gasteiger charge is -2.11. The normalized spacial score (nSPS) is 17.1. The largest absolute Gasteiger partial charge is 0.316 e. The van der Waals surface area contributed by atoms with Gasteiger partial charge >= 0.3 is 0 Å². The first-order valence-corrected chi connectivity index (χ1v) is 6.97. The maximum absolute atomic E-state index is 13.0. The second-order valence-electron chi connectivity index (χ2n) is 5.24. The molecule has 2 aromatic rings. The number of hydrogen-bond donors (Lipinski definition) is 2. The molecule has 0 spiro atoms. The summed E-state index contributed by atoms with van der Waals surface area (Å²) in [4.78, 5) is 12.2. The number of aryl methyl sites for hydroxylation is 1. The molecule has 3 rings (SSSR count). The lowest BCUT2D eigenvalue weighted by Crippen LogP contribution is -2.25. The molecule has 1 aromatic heterocycles. The molecule has 0 saturated carbocycles. The molecule has 22 heavy (non-hydrogen) atoms. The fourth-order valence-corrected chi connectivity index (χ4v) is 2.47. The highest BCUT2D eigenvalue weighted by molar-refractivity contribution is 5.92. The van der Waals surface area contributed by atoms with Crippen molar-refractivity contribution in [1.29, 1.82) is 0 Å². The van der Waals surface area contributed by atoms with Crippen LogP contribution in [-0.4, -0.2) is 28.8 Å². The Morgan fingerprint density at radius 2 is 2.14 bits per heavy atom. The summed E-state index contributed by atoms with van der Waals surface area (Å²) in [7, 11) is 0. The number of benzene rings is 1. The first-order chi connectivity index (χ1) is 10.1. The molecule has 1 aliphatic rings. The molecular weight excluding hydrogens is 307 g/mol. The Hall–Kier alpha value is -1.92. The molecule has 0 bridgehead atoms. The number of carbonyl (C=O) groups is 1. The molecule has 2 N–H and O–H groups in total. The smallest absolute Gasteiger partial charge is 0.229 e. The molecule has 0 aliphatic carbocycles. The van der Waals surface area contributed by atoms with Gasteiger partial charge in [0, 0.05) is 12.6 Å². The van der Waals surface area contributed by atoms with E-state index in [2.05, 4.69) is 15.7 Å². The molecule has 1 fully saturated rings. The van der Waals surface area contributed by atoms with Crippen LogP contribution in [0.15, 0.2) is 30.3 Å². The Bertz CT molecular complexity index is 650. The van der Waals surface area contributed by atoms with Crippen LogP contribution in [0.1, 0.15) is 12.1 Å². The van der Waals surface area contributed by atoms with E-state index < -0.39 is 0 Å². The number of hydrogen-bond acceptors (Lipinski definition) is 3. The van der Waals surface area contributed by atoms with E-state index in [1.807, 2.05) is 13.0 Å². The number of halogens is 2. The predicted molar refractivity (Wildman–Crippen MR) is 85.1 cm³/mol. The maximum Gasteiger partial charge on any atom is 0.229 e. The number of rotatable bonds is 3. The summed E-state index contributed by atoms with van der Waals surface area (Å²) in [6.07, 6.45) is 0.843. The van der Waals surface area contributed by atoms with E-state index in [0.29, 0.717) is 18.1 Å². The van der Waals surface area contributed by atoms with Crippen molar-refractivity contribution in [3.63, 3.8) is 0 Å². The van der Waals surface area contributed by atoms with Crippen molar-refractivity contribution in [1.82, 2.24) is 15.1 Å². The third-order valence-electron chi connectivity index (χ3n) is 3.59. The van der Waals surface area contributed by atoms with Gasteiger partial charge in [0.25, 0.3) is 0 Å². The Morgan fingerprint density at radius 3 is 2.77 bits per heavy atom. The van der Waals surface area contributed by atoms with Crippen molar-refractivity contribution in [2.75, 3.05) is 18.4 Å². The van der Waals surface area contributed by atoms with Crippen molar-refractivity contribution in [2.24, 2.45) is 5.92 Å². The third-order valence-corrected chi connectivity index (χ3v) is 3.59. The molecule has 1 aliphatic heterocycles. The second-order valence-corrected chi connectivity index (χ2v) is 5.24. The zero-order chi connectivity index (χ0) is 14.8. The van der Waals surface area contributed by atoms with Gasteiger partial charge in [0.2, 0.25) is 5.91 Å². The van der Waals surface area contributed by atoms with Gasteiger partial charge in [0.1, 0.15) is 11.6 Å². The Labute approximate surface area is 134 Å². The zero-order valence-electron chi connectivity index (χ0n) is 12.2. The molecule has 1 unspecified atom stereocenters. The van der Waals surface area contributed by atoms with Crippen LogP contribution in [0.3, 0.4) is 0 Å². The molecular formula is C15H18ClFN4O. The van der Waals surface area contributed by atoms with Crippen molar-refractivity contribution in [3.05, 3.63) is 41.8 Å². The average Bonchev–Trinajstić information content (AvgIpc) is 3.09. The molecule has 1 saturated heterocycles. The SMILES string of the molecule is Cc1cc(NC(=O)C2CCNC2)n(-c2ccc(F)cc2)n1.Cl. The molecule has 118 valence electrons. The topological polar surface area (TPSA) is 59.0 Å². The number of aromatic nitrogens is 2. The number of nitrogens with zero attached hydrogens (tertiary/aromatic N) is 2. The van der Waals surface area contributed by atoms with E-state index in [4.69, 9.17) is 0 Å². The second kappa shape index (κ2) is 6.89. The minimum atomic E-state index is -0.301. The fraction of sp³-hybridized carbons (Fsp3) is 0.333. The third kappa shape index (κ3) is 3.45. The predicted octanol–water partition coefficient (Wildman–Crippen LogP) is 2.29. The quantitative estimate of drug-likeness (QED) is 0.910. The van der Waals surface area contributed by atoms with Gasteiger partial charge in [-0.3, -0.25) is 4.79 Å². The summed E-state index contributed by atoms with van der Waals surface area (Å²) < 4.78 is 14.6. The summed E-state index contributed by atoms with van der Waals surface area (Å²) in [5.74, 6) is 0.284. The fourth-order valence-electron chi connectivity index (χ4n) is 2.47. The summed E-state index contributed by atoms with van der Waals surface area (Å²) in [5, 5.41) is 10.4. The lowest BCUT2D eigenvalue weighted by atomic mass is 10.1. The minimum absolute atomic E-state index is 0. The van der Waals surface area contributed by atoms with Gasteiger partial charge in [-0.2, -0.15) is 5.10 Å². The van der Waals surface area contributed by atoms with E-state index >= 15 is 0 Å². The molecule has 5 nitrogen and oxygen atoms in total. The minimum Gasteiger partial charge on any atom is -0.316 e. The van der Waals surface area contributed by atoms with Gasteiger partial charge in [-0.1, -0.05) is 0 Å². The average molecular weight is 325 g/mol. The number of anilines is 1. The van der Waals surface area contributed by atoms with Crippen LogP contribution < -0.4 is 10.6 Å². The zero-order valence-corrected chi connectivity index (χ0v) is 13.0. The van der Waals surface area contributed by atoms with Crippen LogP contribution >= 0.6 is 12.4 Å². The monoisotopic (exact) mass is 324 g/mol. The number of nitrogens with one attached hydrogen (secondary N) is 2. The molecule has 2 heterocycles. The van der Waals surface area contributed by atoms with Crippen molar-refractivity contribution < 1.29 is 9.18 Å². The first-order valence-electron chi connectivity index (χ1n) is 6.97. The van der Waals surface area contributed by atoms with Crippen molar-refractivity contribution >= 4 is 24.1 Å². The Kier molecular flexibility index (Phi) is 5.15. The molecule has 0 radical (unpaired) electrons. The van der Waals surface area contributed by atoms with Crippen LogP contribution in [0.5, 0.6) is 0 Å². The molecule has 1 atom stereocenters. The summed E-state index contributed by atoms with van der Waals surface area (Å²) >= 11 is 0. The van der Waals surface area contributed by atoms with Gasteiger partial charge in [-0.15, -0.1) is 12.4 Å². The highest BCUT2D eigenvalue weighted by Gasteiger charge is 2.23. The van der Waals surface area contributed by atoms with E-state index in [1.165, 1.54) is 12.1 Å². The van der Waals surface area contributed by atoms with E-state index in [-0.39, 0.29) is 30.0 Å². The van der Waals surface area contributed by atoms with Crippen LogP contribution in [0, 0.1) is 18.7 Å². The Morgan fingerprint density at radius 1 is 1.41 bits per heavy atom. The number of amides is 1. The lowest BCUT2D eigenvalue weighted by molar-refractivity contribution is -0.119. The summed E-state index contributed by atoms with van der Waals surface area (Å²) in [6, 6.07) is 7.82. The number of carbonyl (C=O) groups excluding carboxylic acids is 1. The van der Waals surface area contributed by atoms with Crippen molar-refractivity contribution in [2.45, 2.75) is 13.3 Å². The van der Waals surface area contributed by atoms with E-state index in [0.717, 1.165) is 18.7 Å². The Balaban J connectivity index is 0.00000176. The highest BCUT2D eigenvalue weighted by atomic mass is 35.5. The summed E-state index contributed by atoms with van der Waals surface area (Å²) in [5.41, 5.74) is 1.50.